The van der Waals surface area contributed by atoms with Gasteiger partial charge in [-0.15, -0.1) is 0 Å². The summed E-state index contributed by atoms with van der Waals surface area (Å²) in [4.78, 5) is 15.5. The number of hydrogen-bond donors (Lipinski definition) is 1. The van der Waals surface area contributed by atoms with Gasteiger partial charge in [0.2, 0.25) is 11.9 Å². The van der Waals surface area contributed by atoms with Crippen molar-refractivity contribution in [3.05, 3.63) is 0 Å². The molecule has 0 aromatic carbocycles. The van der Waals surface area contributed by atoms with Gasteiger partial charge in [-0.1, -0.05) is 25.6 Å². The number of ether oxygens (including phenoxy) is 1. The van der Waals surface area contributed by atoms with Crippen molar-refractivity contribution in [3.63, 3.8) is 0 Å². The lowest BCUT2D eigenvalue weighted by molar-refractivity contribution is 0.122. The van der Waals surface area contributed by atoms with Crippen LogP contribution >= 0.6 is 11.8 Å². The highest BCUT2D eigenvalue weighted by Gasteiger charge is 2.16. The zero-order valence-corrected chi connectivity index (χ0v) is 12.5. The van der Waals surface area contributed by atoms with Gasteiger partial charge in [-0.25, -0.2) is 0 Å². The molecule has 2 rings (SSSR count). The van der Waals surface area contributed by atoms with E-state index in [9.17, 15) is 0 Å². The van der Waals surface area contributed by atoms with E-state index in [-0.39, 0.29) is 0 Å². The highest BCUT2D eigenvalue weighted by atomic mass is 32.2. The zero-order valence-electron chi connectivity index (χ0n) is 11.7. The molecule has 0 amide bonds. The summed E-state index contributed by atoms with van der Waals surface area (Å²) in [6.07, 6.45) is 0. The van der Waals surface area contributed by atoms with Crippen LogP contribution in [0.15, 0.2) is 5.16 Å². The summed E-state index contributed by atoms with van der Waals surface area (Å²) in [5.74, 6) is 3.00. The van der Waals surface area contributed by atoms with E-state index in [2.05, 4.69) is 39.0 Å². The minimum absolute atomic E-state index is 0.617. The highest BCUT2D eigenvalue weighted by Crippen LogP contribution is 2.21. The highest BCUT2D eigenvalue weighted by molar-refractivity contribution is 7.99. The minimum Gasteiger partial charge on any atom is -0.378 e. The molecule has 0 radical (unpaired) electrons. The lowest BCUT2D eigenvalue weighted by Crippen LogP contribution is -2.37. The molecule has 1 N–H and O–H groups in total. The SMILES string of the molecule is CNc1nc(SCC(C)C)nc(N2CCOCC2)n1. The monoisotopic (exact) mass is 283 g/mol. The molecule has 2 heterocycles. The molecular formula is C12H21N5OS. The molecule has 19 heavy (non-hydrogen) atoms. The average molecular weight is 283 g/mol. The summed E-state index contributed by atoms with van der Waals surface area (Å²) in [6.45, 7) is 7.51. The molecule has 1 aliphatic heterocycles. The molecule has 1 aliphatic rings. The number of nitrogens with one attached hydrogen (secondary N) is 1. The molecular weight excluding hydrogens is 262 g/mol. The first-order chi connectivity index (χ1) is 9.19. The second-order valence-electron chi connectivity index (χ2n) is 4.80. The van der Waals surface area contributed by atoms with E-state index in [1.807, 2.05) is 7.05 Å². The fourth-order valence-electron chi connectivity index (χ4n) is 1.67. The fourth-order valence-corrected chi connectivity index (χ4v) is 2.45. The average Bonchev–Trinajstić information content (AvgIpc) is 2.45. The van der Waals surface area contributed by atoms with E-state index < -0.39 is 0 Å². The van der Waals surface area contributed by atoms with Crippen LogP contribution in [0, 0.1) is 5.92 Å². The molecule has 0 saturated carbocycles. The number of rotatable bonds is 5. The second kappa shape index (κ2) is 6.91. The summed E-state index contributed by atoms with van der Waals surface area (Å²) in [6, 6.07) is 0. The third-order valence-electron chi connectivity index (χ3n) is 2.67. The third kappa shape index (κ3) is 4.21. The number of aromatic nitrogens is 3. The molecule has 1 aromatic rings. The van der Waals surface area contributed by atoms with Crippen molar-refractivity contribution in [1.82, 2.24) is 15.0 Å². The maximum Gasteiger partial charge on any atom is 0.231 e. The molecule has 0 unspecified atom stereocenters. The quantitative estimate of drug-likeness (QED) is 0.821. The maximum absolute atomic E-state index is 5.35. The lowest BCUT2D eigenvalue weighted by Gasteiger charge is -2.27. The van der Waals surface area contributed by atoms with Crippen LogP contribution in [0.5, 0.6) is 0 Å². The summed E-state index contributed by atoms with van der Waals surface area (Å²) in [7, 11) is 1.83. The van der Waals surface area contributed by atoms with E-state index in [4.69, 9.17) is 4.74 Å². The third-order valence-corrected chi connectivity index (χ3v) is 3.94. The Bertz CT molecular complexity index is 409. The van der Waals surface area contributed by atoms with Gasteiger partial charge in [-0.2, -0.15) is 15.0 Å². The molecule has 0 bridgehead atoms. The normalized spacial score (nSPS) is 15.9. The van der Waals surface area contributed by atoms with Gasteiger partial charge in [0.15, 0.2) is 5.16 Å². The van der Waals surface area contributed by atoms with Gasteiger partial charge >= 0.3 is 0 Å². The Morgan fingerprint density at radius 3 is 2.63 bits per heavy atom. The molecule has 1 fully saturated rings. The first-order valence-corrected chi connectivity index (χ1v) is 7.57. The summed E-state index contributed by atoms with van der Waals surface area (Å²) >= 11 is 1.68. The van der Waals surface area contributed by atoms with Gasteiger partial charge in [-0.05, 0) is 5.92 Å². The Hall–Kier alpha value is -1.08. The number of nitrogens with zero attached hydrogens (tertiary/aromatic N) is 4. The van der Waals surface area contributed by atoms with Crippen molar-refractivity contribution in [3.8, 4) is 0 Å². The molecule has 6 nitrogen and oxygen atoms in total. The van der Waals surface area contributed by atoms with Crippen molar-refractivity contribution in [1.29, 1.82) is 0 Å². The maximum atomic E-state index is 5.35. The summed E-state index contributed by atoms with van der Waals surface area (Å²) < 4.78 is 5.35. The van der Waals surface area contributed by atoms with E-state index in [1.54, 1.807) is 11.8 Å². The van der Waals surface area contributed by atoms with Crippen LogP contribution in [0.4, 0.5) is 11.9 Å². The first kappa shape index (κ1) is 14.3. The molecule has 7 heteroatoms. The van der Waals surface area contributed by atoms with E-state index >= 15 is 0 Å². The van der Waals surface area contributed by atoms with Crippen LogP contribution in [0.2, 0.25) is 0 Å². The molecule has 1 aromatic heterocycles. The minimum atomic E-state index is 0.617. The van der Waals surface area contributed by atoms with Gasteiger partial charge in [-0.3, -0.25) is 0 Å². The van der Waals surface area contributed by atoms with E-state index in [1.165, 1.54) is 0 Å². The molecule has 1 saturated heterocycles. The van der Waals surface area contributed by atoms with E-state index in [0.717, 1.165) is 43.2 Å². The number of thioether (sulfide) groups is 1. The summed E-state index contributed by atoms with van der Waals surface area (Å²) in [5.41, 5.74) is 0. The Labute approximate surface area is 118 Å². The van der Waals surface area contributed by atoms with Crippen LogP contribution in [0.3, 0.4) is 0 Å². The van der Waals surface area contributed by atoms with Crippen LogP contribution < -0.4 is 10.2 Å². The van der Waals surface area contributed by atoms with Crippen LogP contribution in [0.1, 0.15) is 13.8 Å². The molecule has 0 aliphatic carbocycles. The smallest absolute Gasteiger partial charge is 0.231 e. The van der Waals surface area contributed by atoms with Gasteiger partial charge in [0, 0.05) is 25.9 Å². The fraction of sp³-hybridized carbons (Fsp3) is 0.750. The Kier molecular flexibility index (Phi) is 5.21. The predicted molar refractivity (Wildman–Crippen MR) is 78.0 cm³/mol. The van der Waals surface area contributed by atoms with Crippen LogP contribution in [0.25, 0.3) is 0 Å². The Morgan fingerprint density at radius 2 is 2.00 bits per heavy atom. The lowest BCUT2D eigenvalue weighted by atomic mass is 10.3. The van der Waals surface area contributed by atoms with Gasteiger partial charge < -0.3 is 15.0 Å². The zero-order chi connectivity index (χ0) is 13.7. The first-order valence-electron chi connectivity index (χ1n) is 6.58. The number of hydrogen-bond acceptors (Lipinski definition) is 7. The number of morpholine rings is 1. The van der Waals surface area contributed by atoms with Crippen molar-refractivity contribution < 1.29 is 4.74 Å². The van der Waals surface area contributed by atoms with Gasteiger partial charge in [0.05, 0.1) is 13.2 Å². The van der Waals surface area contributed by atoms with Gasteiger partial charge in [0.25, 0.3) is 0 Å². The van der Waals surface area contributed by atoms with Crippen molar-refractivity contribution in [2.24, 2.45) is 5.92 Å². The van der Waals surface area contributed by atoms with E-state index in [0.29, 0.717) is 11.9 Å². The largest absolute Gasteiger partial charge is 0.378 e. The number of anilines is 2. The molecule has 0 spiro atoms. The van der Waals surface area contributed by atoms with Crippen molar-refractivity contribution in [2.45, 2.75) is 19.0 Å². The topological polar surface area (TPSA) is 63.2 Å². The molecule has 0 atom stereocenters. The summed E-state index contributed by atoms with van der Waals surface area (Å²) in [5, 5.41) is 3.79. The Morgan fingerprint density at radius 1 is 1.26 bits per heavy atom. The molecule has 106 valence electrons. The van der Waals surface area contributed by atoms with Crippen molar-refractivity contribution >= 4 is 23.7 Å². The van der Waals surface area contributed by atoms with Crippen LogP contribution in [-0.2, 0) is 4.74 Å². The predicted octanol–water partition coefficient (Wildman–Crippen LogP) is 1.50. The Balaban J connectivity index is 2.14. The second-order valence-corrected chi connectivity index (χ2v) is 5.78. The van der Waals surface area contributed by atoms with Gasteiger partial charge in [0.1, 0.15) is 0 Å². The van der Waals surface area contributed by atoms with Crippen LogP contribution in [-0.4, -0.2) is 54.1 Å². The van der Waals surface area contributed by atoms with Crippen molar-refractivity contribution in [2.75, 3.05) is 49.3 Å². The standard InChI is InChI=1S/C12H21N5OS/c1-9(2)8-19-12-15-10(13-3)14-11(16-12)17-4-6-18-7-5-17/h9H,4-8H2,1-3H3,(H,13,14,15,16).